The summed E-state index contributed by atoms with van der Waals surface area (Å²) < 4.78 is 0. The van der Waals surface area contributed by atoms with Crippen LogP contribution in [0.1, 0.15) is 90.4 Å². The van der Waals surface area contributed by atoms with Gasteiger partial charge in [-0.2, -0.15) is 0 Å². The summed E-state index contributed by atoms with van der Waals surface area (Å²) in [6.07, 6.45) is 15.9. The Morgan fingerprint density at radius 2 is 1.45 bits per heavy atom. The maximum atomic E-state index is 11.2. The first-order chi connectivity index (χ1) is 9.71. The van der Waals surface area contributed by atoms with Gasteiger partial charge in [0.15, 0.2) is 0 Å². The number of carbonyl (C=O) groups is 1. The molecule has 3 heteroatoms. The van der Waals surface area contributed by atoms with Crippen molar-refractivity contribution in [2.75, 3.05) is 6.54 Å². The van der Waals surface area contributed by atoms with Crippen LogP contribution in [0.25, 0.3) is 0 Å². The maximum absolute atomic E-state index is 11.2. The molecule has 0 aromatic carbocycles. The van der Waals surface area contributed by atoms with Gasteiger partial charge in [0.1, 0.15) is 5.54 Å². The monoisotopic (exact) mass is 283 g/mol. The molecule has 1 aliphatic rings. The van der Waals surface area contributed by atoms with Crippen LogP contribution in [0.2, 0.25) is 0 Å². The topological polar surface area (TPSA) is 49.3 Å². The summed E-state index contributed by atoms with van der Waals surface area (Å²) in [5.41, 5.74) is -0.570. The Morgan fingerprint density at radius 3 is 1.85 bits per heavy atom. The molecular weight excluding hydrogens is 250 g/mol. The minimum absolute atomic E-state index is 0.570. The number of unbranched alkanes of at least 4 members (excludes halogenated alkanes) is 9. The third-order valence-corrected chi connectivity index (χ3v) is 4.61. The lowest BCUT2D eigenvalue weighted by molar-refractivity contribution is -0.148. The zero-order valence-electron chi connectivity index (χ0n) is 13.3. The van der Waals surface area contributed by atoms with Crippen molar-refractivity contribution in [2.45, 2.75) is 95.9 Å². The van der Waals surface area contributed by atoms with Gasteiger partial charge in [-0.3, -0.25) is 4.79 Å². The predicted octanol–water partition coefficient (Wildman–Crippen LogP) is 4.50. The number of carboxylic acid groups (broad SMARTS) is 1. The molecule has 3 nitrogen and oxygen atoms in total. The van der Waals surface area contributed by atoms with E-state index >= 15 is 0 Å². The first-order valence-corrected chi connectivity index (χ1v) is 8.70. The summed E-state index contributed by atoms with van der Waals surface area (Å²) in [6, 6.07) is 0. The standard InChI is InChI=1S/C17H33NO2/c1-2-3-4-5-6-7-8-9-10-11-15-18-17(16(19)20)13-12-14-17/h18H,2-15H2,1H3,(H,19,20). The van der Waals surface area contributed by atoms with E-state index in [0.717, 1.165) is 32.2 Å². The van der Waals surface area contributed by atoms with E-state index in [1.165, 1.54) is 57.8 Å². The number of hydrogen-bond acceptors (Lipinski definition) is 2. The van der Waals surface area contributed by atoms with E-state index < -0.39 is 11.5 Å². The lowest BCUT2D eigenvalue weighted by Crippen LogP contribution is -2.57. The second-order valence-corrected chi connectivity index (χ2v) is 6.35. The molecule has 0 unspecified atom stereocenters. The molecule has 1 fully saturated rings. The number of hydrogen-bond donors (Lipinski definition) is 2. The molecule has 1 aliphatic carbocycles. The molecule has 0 heterocycles. The summed E-state index contributed by atoms with van der Waals surface area (Å²) in [5.74, 6) is -0.657. The van der Waals surface area contributed by atoms with Gasteiger partial charge < -0.3 is 10.4 Å². The number of nitrogens with one attached hydrogen (secondary N) is 1. The van der Waals surface area contributed by atoms with Gasteiger partial charge in [0.05, 0.1) is 0 Å². The second-order valence-electron chi connectivity index (χ2n) is 6.35. The van der Waals surface area contributed by atoms with E-state index in [0.29, 0.717) is 0 Å². The molecule has 0 aliphatic heterocycles. The van der Waals surface area contributed by atoms with Crippen LogP contribution >= 0.6 is 0 Å². The van der Waals surface area contributed by atoms with Crippen molar-refractivity contribution in [3.8, 4) is 0 Å². The number of rotatable bonds is 13. The Labute approximate surface area is 124 Å². The fourth-order valence-electron chi connectivity index (χ4n) is 2.94. The van der Waals surface area contributed by atoms with Crippen LogP contribution < -0.4 is 5.32 Å². The van der Waals surface area contributed by atoms with Gasteiger partial charge >= 0.3 is 5.97 Å². The molecule has 0 spiro atoms. The van der Waals surface area contributed by atoms with Crippen LogP contribution in [-0.2, 0) is 4.79 Å². The summed E-state index contributed by atoms with van der Waals surface area (Å²) in [4.78, 5) is 11.2. The third kappa shape index (κ3) is 6.25. The smallest absolute Gasteiger partial charge is 0.323 e. The average Bonchev–Trinajstić information content (AvgIpc) is 2.38. The van der Waals surface area contributed by atoms with E-state index in [1.54, 1.807) is 0 Å². The molecule has 1 rings (SSSR count). The number of aliphatic carboxylic acids is 1. The van der Waals surface area contributed by atoms with Crippen LogP contribution in [-0.4, -0.2) is 23.2 Å². The van der Waals surface area contributed by atoms with Crippen LogP contribution in [0.5, 0.6) is 0 Å². The highest BCUT2D eigenvalue weighted by Crippen LogP contribution is 2.31. The quantitative estimate of drug-likeness (QED) is 0.489. The Bertz CT molecular complexity index is 262. The summed E-state index contributed by atoms with van der Waals surface area (Å²) in [6.45, 7) is 3.12. The molecule has 0 bridgehead atoms. The summed E-state index contributed by atoms with van der Waals surface area (Å²) in [7, 11) is 0. The SMILES string of the molecule is CCCCCCCCCCCCNC1(C(=O)O)CCC1. The van der Waals surface area contributed by atoms with E-state index in [9.17, 15) is 9.90 Å². The highest BCUT2D eigenvalue weighted by atomic mass is 16.4. The fourth-order valence-corrected chi connectivity index (χ4v) is 2.94. The molecule has 20 heavy (non-hydrogen) atoms. The Morgan fingerprint density at radius 1 is 0.950 bits per heavy atom. The van der Waals surface area contributed by atoms with E-state index in [2.05, 4.69) is 12.2 Å². The fraction of sp³-hybridized carbons (Fsp3) is 0.941. The van der Waals surface area contributed by atoms with E-state index in [-0.39, 0.29) is 0 Å². The molecule has 1 saturated carbocycles. The molecule has 118 valence electrons. The van der Waals surface area contributed by atoms with Crippen LogP contribution in [0, 0.1) is 0 Å². The normalized spacial score (nSPS) is 16.9. The van der Waals surface area contributed by atoms with Crippen LogP contribution in [0.4, 0.5) is 0 Å². The average molecular weight is 283 g/mol. The largest absolute Gasteiger partial charge is 0.480 e. The van der Waals surface area contributed by atoms with Crippen molar-refractivity contribution in [3.63, 3.8) is 0 Å². The summed E-state index contributed by atoms with van der Waals surface area (Å²) >= 11 is 0. The maximum Gasteiger partial charge on any atom is 0.323 e. The third-order valence-electron chi connectivity index (χ3n) is 4.61. The van der Waals surface area contributed by atoms with Gasteiger partial charge in [-0.25, -0.2) is 0 Å². The number of carboxylic acids is 1. The van der Waals surface area contributed by atoms with Crippen molar-refractivity contribution in [1.29, 1.82) is 0 Å². The molecule has 0 radical (unpaired) electrons. The van der Waals surface area contributed by atoms with Gasteiger partial charge in [0.25, 0.3) is 0 Å². The predicted molar refractivity (Wildman–Crippen MR) is 84.1 cm³/mol. The van der Waals surface area contributed by atoms with Crippen molar-refractivity contribution in [2.24, 2.45) is 0 Å². The highest BCUT2D eigenvalue weighted by molar-refractivity contribution is 5.79. The molecule has 2 N–H and O–H groups in total. The van der Waals surface area contributed by atoms with E-state index in [4.69, 9.17) is 0 Å². The van der Waals surface area contributed by atoms with Crippen molar-refractivity contribution in [3.05, 3.63) is 0 Å². The molecule has 0 aromatic rings. The molecule has 0 aromatic heterocycles. The second kappa shape index (κ2) is 10.2. The lowest BCUT2D eigenvalue weighted by Gasteiger charge is -2.38. The molecule has 0 amide bonds. The first-order valence-electron chi connectivity index (χ1n) is 8.70. The van der Waals surface area contributed by atoms with Crippen molar-refractivity contribution >= 4 is 5.97 Å². The molecule has 0 atom stereocenters. The Kier molecular flexibility index (Phi) is 8.92. The first kappa shape index (κ1) is 17.5. The Hall–Kier alpha value is -0.570. The summed E-state index contributed by atoms with van der Waals surface area (Å²) in [5, 5.41) is 12.4. The zero-order valence-corrected chi connectivity index (χ0v) is 13.3. The van der Waals surface area contributed by atoms with Gasteiger partial charge in [-0.1, -0.05) is 64.7 Å². The molecule has 0 saturated heterocycles. The van der Waals surface area contributed by atoms with Gasteiger partial charge in [0.2, 0.25) is 0 Å². The van der Waals surface area contributed by atoms with Gasteiger partial charge in [-0.15, -0.1) is 0 Å². The van der Waals surface area contributed by atoms with Gasteiger partial charge in [0, 0.05) is 0 Å². The lowest BCUT2D eigenvalue weighted by atomic mass is 9.77. The van der Waals surface area contributed by atoms with Crippen LogP contribution in [0.3, 0.4) is 0 Å². The van der Waals surface area contributed by atoms with E-state index in [1.807, 2.05) is 0 Å². The Balaban J connectivity index is 1.84. The van der Waals surface area contributed by atoms with Crippen molar-refractivity contribution < 1.29 is 9.90 Å². The van der Waals surface area contributed by atoms with Crippen LogP contribution in [0.15, 0.2) is 0 Å². The highest BCUT2D eigenvalue weighted by Gasteiger charge is 2.43. The van der Waals surface area contributed by atoms with Crippen molar-refractivity contribution in [1.82, 2.24) is 5.32 Å². The van der Waals surface area contributed by atoms with Gasteiger partial charge in [-0.05, 0) is 32.2 Å². The minimum Gasteiger partial charge on any atom is -0.480 e. The zero-order chi connectivity index (χ0) is 14.7. The minimum atomic E-state index is -0.657. The molecular formula is C17H33NO2.